The number of benzene rings is 1. The van der Waals surface area contributed by atoms with Crippen LogP contribution in [0.5, 0.6) is 0 Å². The van der Waals surface area contributed by atoms with E-state index in [1.807, 2.05) is 0 Å². The highest BCUT2D eigenvalue weighted by atomic mass is 35.5. The largest absolute Gasteiger partial charge is 0.283 e. The van der Waals surface area contributed by atoms with Crippen LogP contribution in [0.4, 0.5) is 0 Å². The third-order valence-electron chi connectivity index (χ3n) is 2.50. The van der Waals surface area contributed by atoms with Crippen LogP contribution in [-0.2, 0) is 10.0 Å². The molecule has 2 rings (SSSR count). The van der Waals surface area contributed by atoms with E-state index in [1.165, 1.54) is 24.3 Å². The molecule has 4 nitrogen and oxygen atoms in total. The third-order valence-corrected chi connectivity index (χ3v) is 4.98. The van der Waals surface area contributed by atoms with Gasteiger partial charge in [0.25, 0.3) is 10.0 Å². The fraction of sp³-hybridized carbons (Fsp3) is 0.182. The van der Waals surface area contributed by atoms with Crippen molar-refractivity contribution in [2.45, 2.75) is 18.7 Å². The second kappa shape index (κ2) is 4.57. The van der Waals surface area contributed by atoms with Crippen LogP contribution in [0.2, 0.25) is 10.0 Å². The quantitative estimate of drug-likeness (QED) is 0.857. The van der Waals surface area contributed by atoms with Crippen molar-refractivity contribution in [3.8, 4) is 0 Å². The van der Waals surface area contributed by atoms with Crippen LogP contribution >= 0.6 is 23.2 Å². The summed E-state index contributed by atoms with van der Waals surface area (Å²) in [6.45, 7) is 3.26. The van der Waals surface area contributed by atoms with Gasteiger partial charge in [0, 0.05) is 5.02 Å². The first-order valence-corrected chi connectivity index (χ1v) is 7.26. The minimum atomic E-state index is -3.73. The summed E-state index contributed by atoms with van der Waals surface area (Å²) < 4.78 is 25.6. The minimum Gasteiger partial charge on any atom is -0.199 e. The van der Waals surface area contributed by atoms with Gasteiger partial charge in [-0.15, -0.1) is 0 Å². The first kappa shape index (κ1) is 13.4. The molecule has 0 aliphatic rings. The normalized spacial score (nSPS) is 11.8. The molecular weight excluding hydrogens is 295 g/mol. The van der Waals surface area contributed by atoms with Gasteiger partial charge < -0.3 is 0 Å². The van der Waals surface area contributed by atoms with Gasteiger partial charge in [-0.1, -0.05) is 23.2 Å². The Morgan fingerprint density at radius 3 is 2.11 bits per heavy atom. The van der Waals surface area contributed by atoms with Crippen molar-refractivity contribution >= 4 is 33.2 Å². The van der Waals surface area contributed by atoms with Crippen LogP contribution < -0.4 is 0 Å². The standard InChI is InChI=1S/C11H10Cl2N2O2S/c1-7-11(13)8(2)15(14-7)18(16,17)10-5-3-9(12)4-6-10/h3-6H,1-2H3. The predicted molar refractivity (Wildman–Crippen MR) is 70.7 cm³/mol. The summed E-state index contributed by atoms with van der Waals surface area (Å²) in [4.78, 5) is 0.120. The maximum atomic E-state index is 12.3. The predicted octanol–water partition coefficient (Wildman–Crippen LogP) is 3.04. The molecule has 0 aliphatic heterocycles. The molecule has 2 aromatic rings. The lowest BCUT2D eigenvalue weighted by atomic mass is 10.4. The van der Waals surface area contributed by atoms with E-state index in [4.69, 9.17) is 23.2 Å². The number of rotatable bonds is 2. The van der Waals surface area contributed by atoms with E-state index >= 15 is 0 Å². The maximum Gasteiger partial charge on any atom is 0.283 e. The highest BCUT2D eigenvalue weighted by Gasteiger charge is 2.22. The molecule has 0 amide bonds. The van der Waals surface area contributed by atoms with Crippen LogP contribution in [0.3, 0.4) is 0 Å². The van der Waals surface area contributed by atoms with Gasteiger partial charge in [0.2, 0.25) is 0 Å². The zero-order chi connectivity index (χ0) is 13.5. The Morgan fingerprint density at radius 1 is 1.11 bits per heavy atom. The first-order valence-electron chi connectivity index (χ1n) is 5.07. The van der Waals surface area contributed by atoms with Crippen LogP contribution in [0, 0.1) is 13.8 Å². The number of halogens is 2. The molecule has 1 heterocycles. The average Bonchev–Trinajstić information content (AvgIpc) is 2.58. The van der Waals surface area contributed by atoms with Crippen molar-refractivity contribution in [1.82, 2.24) is 9.19 Å². The fourth-order valence-corrected chi connectivity index (χ4v) is 3.20. The molecule has 0 spiro atoms. The van der Waals surface area contributed by atoms with Gasteiger partial charge in [-0.2, -0.15) is 17.6 Å². The molecule has 7 heteroatoms. The van der Waals surface area contributed by atoms with Gasteiger partial charge in [-0.3, -0.25) is 0 Å². The van der Waals surface area contributed by atoms with Crippen molar-refractivity contribution in [1.29, 1.82) is 0 Å². The number of hydrogen-bond donors (Lipinski definition) is 0. The smallest absolute Gasteiger partial charge is 0.199 e. The van der Waals surface area contributed by atoms with Crippen LogP contribution in [0.15, 0.2) is 29.2 Å². The van der Waals surface area contributed by atoms with E-state index in [0.29, 0.717) is 21.4 Å². The summed E-state index contributed by atoms with van der Waals surface area (Å²) in [6, 6.07) is 5.90. The molecule has 0 atom stereocenters. The molecule has 0 radical (unpaired) electrons. The molecule has 0 bridgehead atoms. The molecule has 0 unspecified atom stereocenters. The Kier molecular flexibility index (Phi) is 3.40. The molecule has 0 fully saturated rings. The Hall–Kier alpha value is -1.04. The Labute approximate surface area is 115 Å². The number of hydrogen-bond acceptors (Lipinski definition) is 3. The number of aryl methyl sites for hydroxylation is 1. The lowest BCUT2D eigenvalue weighted by Gasteiger charge is -2.06. The Balaban J connectivity index is 2.61. The summed E-state index contributed by atoms with van der Waals surface area (Å²) in [5, 5.41) is 4.77. The van der Waals surface area contributed by atoms with Gasteiger partial charge in [-0.25, -0.2) is 0 Å². The highest BCUT2D eigenvalue weighted by Crippen LogP contribution is 2.24. The van der Waals surface area contributed by atoms with Crippen molar-refractivity contribution in [2.75, 3.05) is 0 Å². The molecule has 1 aromatic carbocycles. The zero-order valence-corrected chi connectivity index (χ0v) is 12.0. The van der Waals surface area contributed by atoms with Gasteiger partial charge in [0.15, 0.2) is 0 Å². The van der Waals surface area contributed by atoms with Crippen LogP contribution in [0.25, 0.3) is 0 Å². The zero-order valence-electron chi connectivity index (χ0n) is 9.68. The van der Waals surface area contributed by atoms with Crippen LogP contribution in [-0.4, -0.2) is 17.6 Å². The van der Waals surface area contributed by atoms with Crippen molar-refractivity contribution in [3.05, 3.63) is 45.7 Å². The van der Waals surface area contributed by atoms with Crippen LogP contribution in [0.1, 0.15) is 11.4 Å². The Morgan fingerprint density at radius 2 is 1.67 bits per heavy atom. The van der Waals surface area contributed by atoms with Gasteiger partial charge >= 0.3 is 0 Å². The summed E-state index contributed by atoms with van der Waals surface area (Å²) >= 11 is 11.7. The summed E-state index contributed by atoms with van der Waals surface area (Å²) in [5.74, 6) is 0. The molecule has 0 N–H and O–H groups in total. The molecule has 0 saturated heterocycles. The monoisotopic (exact) mass is 304 g/mol. The molecule has 0 saturated carbocycles. The van der Waals surface area contributed by atoms with Crippen molar-refractivity contribution < 1.29 is 8.42 Å². The van der Waals surface area contributed by atoms with Gasteiger partial charge in [-0.05, 0) is 38.1 Å². The Bertz CT molecular complexity index is 691. The molecule has 1 aromatic heterocycles. The lowest BCUT2D eigenvalue weighted by molar-refractivity contribution is 0.578. The van der Waals surface area contributed by atoms with E-state index in [-0.39, 0.29) is 4.90 Å². The second-order valence-electron chi connectivity index (χ2n) is 3.79. The second-order valence-corrected chi connectivity index (χ2v) is 6.37. The SMILES string of the molecule is Cc1nn(S(=O)(=O)c2ccc(Cl)cc2)c(C)c1Cl. The van der Waals surface area contributed by atoms with E-state index < -0.39 is 10.0 Å². The third kappa shape index (κ3) is 2.13. The summed E-state index contributed by atoms with van der Waals surface area (Å²) in [6.07, 6.45) is 0. The van der Waals surface area contributed by atoms with Gasteiger partial charge in [0.1, 0.15) is 0 Å². The number of aromatic nitrogens is 2. The molecule has 96 valence electrons. The number of nitrogens with zero attached hydrogens (tertiary/aromatic N) is 2. The summed E-state index contributed by atoms with van der Waals surface area (Å²) in [5.41, 5.74) is 0.871. The minimum absolute atomic E-state index is 0.120. The molecule has 0 aliphatic carbocycles. The molecule has 18 heavy (non-hydrogen) atoms. The van der Waals surface area contributed by atoms with E-state index in [2.05, 4.69) is 5.10 Å². The van der Waals surface area contributed by atoms with Crippen molar-refractivity contribution in [2.24, 2.45) is 0 Å². The van der Waals surface area contributed by atoms with Crippen molar-refractivity contribution in [3.63, 3.8) is 0 Å². The van der Waals surface area contributed by atoms with E-state index in [0.717, 1.165) is 4.09 Å². The van der Waals surface area contributed by atoms with E-state index in [9.17, 15) is 8.42 Å². The maximum absolute atomic E-state index is 12.3. The lowest BCUT2D eigenvalue weighted by Crippen LogP contribution is -2.16. The summed E-state index contributed by atoms with van der Waals surface area (Å²) in [7, 11) is -3.73. The van der Waals surface area contributed by atoms with Gasteiger partial charge in [0.05, 0.1) is 21.3 Å². The van der Waals surface area contributed by atoms with E-state index in [1.54, 1.807) is 13.8 Å². The topological polar surface area (TPSA) is 52.0 Å². The fourth-order valence-electron chi connectivity index (χ4n) is 1.54. The average molecular weight is 305 g/mol. The first-order chi connectivity index (χ1) is 8.34. The molecular formula is C11H10Cl2N2O2S. The highest BCUT2D eigenvalue weighted by molar-refractivity contribution is 7.89.